The molecule has 1 heterocycles. The second-order valence-corrected chi connectivity index (χ2v) is 4.70. The quantitative estimate of drug-likeness (QED) is 0.626. The summed E-state index contributed by atoms with van der Waals surface area (Å²) in [6, 6.07) is 0. The van der Waals surface area contributed by atoms with Gasteiger partial charge in [0, 0.05) is 4.75 Å². The van der Waals surface area contributed by atoms with Crippen LogP contribution in [-0.4, -0.2) is 27.6 Å². The minimum atomic E-state index is -0.991. The molecule has 0 aromatic rings. The lowest BCUT2D eigenvalue weighted by Crippen LogP contribution is -2.43. The summed E-state index contributed by atoms with van der Waals surface area (Å²) in [7, 11) is 0. The highest BCUT2D eigenvalue weighted by molar-refractivity contribution is 8.00. The van der Waals surface area contributed by atoms with Crippen molar-refractivity contribution in [3.63, 3.8) is 0 Å². The molecule has 2 atom stereocenters. The second-order valence-electron chi connectivity index (χ2n) is 3.07. The van der Waals surface area contributed by atoms with Crippen LogP contribution >= 0.6 is 11.8 Å². The number of carbonyl (C=O) groups excluding carboxylic acids is 1. The number of aliphatic hydroxyl groups excluding tert-OH is 1. The fourth-order valence-corrected chi connectivity index (χ4v) is 2.63. The maximum absolute atomic E-state index is 10.7. The van der Waals surface area contributed by atoms with E-state index in [4.69, 9.17) is 5.73 Å². The maximum atomic E-state index is 10.7. The Morgan fingerprint density at radius 3 is 2.82 bits per heavy atom. The third-order valence-corrected chi connectivity index (χ3v) is 3.68. The fraction of sp³-hybridized carbons (Fsp3) is 0.857. The van der Waals surface area contributed by atoms with Gasteiger partial charge in [-0.15, -0.1) is 0 Å². The van der Waals surface area contributed by atoms with Crippen LogP contribution in [-0.2, 0) is 4.79 Å². The van der Waals surface area contributed by atoms with Crippen molar-refractivity contribution in [2.24, 2.45) is 5.73 Å². The van der Waals surface area contributed by atoms with E-state index in [-0.39, 0.29) is 4.75 Å². The van der Waals surface area contributed by atoms with Crippen LogP contribution in [0.2, 0.25) is 0 Å². The van der Waals surface area contributed by atoms with Crippen LogP contribution in [0, 0.1) is 0 Å². The van der Waals surface area contributed by atoms with Gasteiger partial charge in [-0.2, -0.15) is 11.8 Å². The number of amides is 1. The molecule has 0 spiro atoms. The van der Waals surface area contributed by atoms with Gasteiger partial charge in [0.15, 0.2) is 0 Å². The van der Waals surface area contributed by atoms with E-state index in [1.165, 1.54) is 0 Å². The highest BCUT2D eigenvalue weighted by atomic mass is 32.2. The van der Waals surface area contributed by atoms with Crippen molar-refractivity contribution >= 4 is 17.7 Å². The van der Waals surface area contributed by atoms with Gasteiger partial charge in [-0.1, -0.05) is 0 Å². The second kappa shape index (κ2) is 3.03. The molecule has 1 fully saturated rings. The molecule has 2 unspecified atom stereocenters. The van der Waals surface area contributed by atoms with Crippen LogP contribution in [0.15, 0.2) is 0 Å². The number of primary amides is 1. The number of carbonyl (C=O) groups is 1. The number of rotatable bonds is 2. The van der Waals surface area contributed by atoms with E-state index in [1.54, 1.807) is 11.8 Å². The van der Waals surface area contributed by atoms with Crippen LogP contribution in [0.5, 0.6) is 0 Å². The number of thioether (sulfide) groups is 1. The zero-order valence-electron chi connectivity index (χ0n) is 6.54. The molecule has 0 radical (unpaired) electrons. The molecular formula is C7H13NO2S. The van der Waals surface area contributed by atoms with Gasteiger partial charge in [0.2, 0.25) is 5.91 Å². The molecule has 1 aliphatic heterocycles. The van der Waals surface area contributed by atoms with Gasteiger partial charge in [0.1, 0.15) is 6.10 Å². The minimum absolute atomic E-state index is 0.328. The lowest BCUT2D eigenvalue weighted by atomic mass is 9.98. The van der Waals surface area contributed by atoms with Crippen molar-refractivity contribution in [2.75, 3.05) is 5.75 Å². The van der Waals surface area contributed by atoms with Crippen molar-refractivity contribution in [1.82, 2.24) is 0 Å². The van der Waals surface area contributed by atoms with E-state index >= 15 is 0 Å². The summed E-state index contributed by atoms with van der Waals surface area (Å²) in [4.78, 5) is 10.7. The predicted molar refractivity (Wildman–Crippen MR) is 45.3 cm³/mol. The van der Waals surface area contributed by atoms with E-state index in [2.05, 4.69) is 0 Å². The predicted octanol–water partition coefficient (Wildman–Crippen LogP) is 0.118. The van der Waals surface area contributed by atoms with E-state index in [0.717, 1.165) is 18.6 Å². The van der Waals surface area contributed by atoms with Crippen molar-refractivity contribution in [3.05, 3.63) is 0 Å². The number of aliphatic hydroxyl groups is 1. The van der Waals surface area contributed by atoms with Crippen molar-refractivity contribution in [2.45, 2.75) is 30.6 Å². The molecule has 1 aliphatic rings. The first kappa shape index (κ1) is 8.87. The molecule has 0 aromatic carbocycles. The Hall–Kier alpha value is -0.220. The monoisotopic (exact) mass is 175 g/mol. The summed E-state index contributed by atoms with van der Waals surface area (Å²) < 4.78 is -0.328. The maximum Gasteiger partial charge on any atom is 0.247 e. The standard InChI is InChI=1S/C7H13NO2S/c1-7(3-2-4-11-7)5(9)6(8)10/h5,9H,2-4H2,1H3,(H2,8,10). The summed E-state index contributed by atoms with van der Waals surface area (Å²) in [5, 5.41) is 9.39. The number of nitrogens with two attached hydrogens (primary N) is 1. The zero-order valence-corrected chi connectivity index (χ0v) is 7.36. The van der Waals surface area contributed by atoms with Gasteiger partial charge in [0.05, 0.1) is 0 Å². The average Bonchev–Trinajstić information content (AvgIpc) is 2.35. The van der Waals surface area contributed by atoms with Crippen molar-refractivity contribution in [1.29, 1.82) is 0 Å². The van der Waals surface area contributed by atoms with Gasteiger partial charge in [-0.05, 0) is 25.5 Å². The largest absolute Gasteiger partial charge is 0.382 e. The Balaban J connectivity index is 2.63. The minimum Gasteiger partial charge on any atom is -0.382 e. The van der Waals surface area contributed by atoms with Crippen molar-refractivity contribution < 1.29 is 9.90 Å². The highest BCUT2D eigenvalue weighted by Gasteiger charge is 2.39. The molecule has 0 bridgehead atoms. The molecule has 3 nitrogen and oxygen atoms in total. The van der Waals surface area contributed by atoms with Gasteiger partial charge in [0.25, 0.3) is 0 Å². The van der Waals surface area contributed by atoms with Crippen LogP contribution in [0.4, 0.5) is 0 Å². The zero-order chi connectivity index (χ0) is 8.48. The topological polar surface area (TPSA) is 63.3 Å². The van der Waals surface area contributed by atoms with Crippen LogP contribution < -0.4 is 5.73 Å². The SMILES string of the molecule is CC1(C(O)C(N)=O)CCCS1. The molecule has 1 amide bonds. The summed E-state index contributed by atoms with van der Waals surface area (Å²) in [5.74, 6) is 0.405. The van der Waals surface area contributed by atoms with Gasteiger partial charge in [-0.25, -0.2) is 0 Å². The first-order valence-corrected chi connectivity index (χ1v) is 4.66. The number of hydrogen-bond donors (Lipinski definition) is 2. The fourth-order valence-electron chi connectivity index (χ4n) is 1.32. The van der Waals surface area contributed by atoms with E-state index < -0.39 is 12.0 Å². The molecule has 0 aliphatic carbocycles. The third-order valence-electron chi connectivity index (χ3n) is 2.10. The Kier molecular flexibility index (Phi) is 2.44. The van der Waals surface area contributed by atoms with Crippen LogP contribution in [0.3, 0.4) is 0 Å². The summed E-state index contributed by atoms with van der Waals surface area (Å²) in [6.45, 7) is 1.89. The number of hydrogen-bond acceptors (Lipinski definition) is 3. The van der Waals surface area contributed by atoms with Crippen LogP contribution in [0.1, 0.15) is 19.8 Å². The van der Waals surface area contributed by atoms with Crippen LogP contribution in [0.25, 0.3) is 0 Å². The van der Waals surface area contributed by atoms with Crippen molar-refractivity contribution in [3.8, 4) is 0 Å². The first-order valence-electron chi connectivity index (χ1n) is 3.67. The summed E-state index contributed by atoms with van der Waals surface area (Å²) in [5.41, 5.74) is 5.00. The molecule has 3 N–H and O–H groups in total. The molecule has 0 aromatic heterocycles. The molecule has 11 heavy (non-hydrogen) atoms. The molecule has 0 saturated carbocycles. The molecule has 1 saturated heterocycles. The van der Waals surface area contributed by atoms with Gasteiger partial charge >= 0.3 is 0 Å². The third kappa shape index (κ3) is 1.68. The highest BCUT2D eigenvalue weighted by Crippen LogP contribution is 2.40. The first-order chi connectivity index (χ1) is 5.06. The average molecular weight is 175 g/mol. The van der Waals surface area contributed by atoms with E-state index in [9.17, 15) is 9.90 Å². The lowest BCUT2D eigenvalue weighted by molar-refractivity contribution is -0.127. The Morgan fingerprint density at radius 2 is 2.45 bits per heavy atom. The Labute approximate surface area is 70.3 Å². The molecule has 4 heteroatoms. The van der Waals surface area contributed by atoms with E-state index in [0.29, 0.717) is 0 Å². The van der Waals surface area contributed by atoms with Gasteiger partial charge in [-0.3, -0.25) is 4.79 Å². The Bertz CT molecular complexity index is 166. The molecule has 64 valence electrons. The Morgan fingerprint density at radius 1 is 1.82 bits per heavy atom. The van der Waals surface area contributed by atoms with E-state index in [1.807, 2.05) is 6.92 Å². The smallest absolute Gasteiger partial charge is 0.247 e. The van der Waals surface area contributed by atoms with Gasteiger partial charge < -0.3 is 10.8 Å². The lowest BCUT2D eigenvalue weighted by Gasteiger charge is -2.26. The summed E-state index contributed by atoms with van der Waals surface area (Å²) >= 11 is 1.63. The summed E-state index contributed by atoms with van der Waals surface area (Å²) in [6.07, 6.45) is 0.947. The normalized spacial score (nSPS) is 33.6. The molecular weight excluding hydrogens is 162 g/mol. The molecule has 1 rings (SSSR count).